The molecule has 134 valence electrons. The minimum atomic E-state index is 0.0484. The van der Waals surface area contributed by atoms with Crippen molar-refractivity contribution in [1.82, 2.24) is 29.4 Å². The smallest absolute Gasteiger partial charge is 0.274 e. The number of carbonyl (C=O) groups is 1. The van der Waals surface area contributed by atoms with Crippen LogP contribution in [0.15, 0.2) is 12.1 Å². The minimum absolute atomic E-state index is 0.0484. The maximum absolute atomic E-state index is 12.9. The molecule has 1 saturated heterocycles. The summed E-state index contributed by atoms with van der Waals surface area (Å²) < 4.78 is 4.07. The molecule has 0 radical (unpaired) electrons. The maximum Gasteiger partial charge on any atom is 0.274 e. The Morgan fingerprint density at radius 3 is 2.76 bits per heavy atom. The second kappa shape index (κ2) is 6.29. The zero-order valence-corrected chi connectivity index (χ0v) is 15.3. The molecule has 1 fully saturated rings. The monoisotopic (exact) mass is 342 g/mol. The van der Waals surface area contributed by atoms with Crippen molar-refractivity contribution in [2.75, 3.05) is 26.7 Å². The molecule has 1 amide bonds. The van der Waals surface area contributed by atoms with E-state index in [0.29, 0.717) is 12.2 Å². The third-order valence-electron chi connectivity index (χ3n) is 5.27. The van der Waals surface area contributed by atoms with Crippen molar-refractivity contribution in [1.29, 1.82) is 0 Å². The molecule has 2 aromatic heterocycles. The van der Waals surface area contributed by atoms with Gasteiger partial charge in [0.05, 0.1) is 17.4 Å². The van der Waals surface area contributed by atoms with Gasteiger partial charge in [0.1, 0.15) is 0 Å². The Bertz CT molecular complexity index is 792. The van der Waals surface area contributed by atoms with Crippen molar-refractivity contribution < 1.29 is 4.79 Å². The first-order valence-corrected chi connectivity index (χ1v) is 9.08. The average Bonchev–Trinajstić information content (AvgIpc) is 3.24. The van der Waals surface area contributed by atoms with Crippen molar-refractivity contribution in [3.8, 4) is 0 Å². The Hall–Kier alpha value is -2.15. The molecule has 1 atom stereocenters. The van der Waals surface area contributed by atoms with E-state index in [9.17, 15) is 4.79 Å². The Morgan fingerprint density at radius 1 is 1.16 bits per heavy atom. The van der Waals surface area contributed by atoms with Crippen LogP contribution in [0.25, 0.3) is 0 Å². The zero-order valence-electron chi connectivity index (χ0n) is 15.3. The molecule has 0 saturated carbocycles. The fraction of sp³-hybridized carbons (Fsp3) is 0.611. The molecule has 0 spiro atoms. The van der Waals surface area contributed by atoms with Gasteiger partial charge in [-0.15, -0.1) is 0 Å². The molecular weight excluding hydrogens is 316 g/mol. The molecule has 7 nitrogen and oxygen atoms in total. The largest absolute Gasteiger partial charge is 0.335 e. The standard InChI is InChI=1S/C18H26N6O/c1-13-9-14(2)24(19-13)15-5-8-22(12-15)18(25)17-10-16-11-21(3)6-4-7-23(16)20-17/h9-10,15H,4-8,11-12H2,1-3H3/t15-/m1/s1. The molecule has 0 unspecified atom stereocenters. The first-order valence-electron chi connectivity index (χ1n) is 9.08. The SMILES string of the molecule is Cc1cc(C)n([C@@H]2CCN(C(=O)c3cc4n(n3)CCCN(C)C4)C2)n1. The lowest BCUT2D eigenvalue weighted by Gasteiger charge is -2.16. The van der Waals surface area contributed by atoms with Gasteiger partial charge >= 0.3 is 0 Å². The summed E-state index contributed by atoms with van der Waals surface area (Å²) in [5.74, 6) is 0.0484. The highest BCUT2D eigenvalue weighted by Gasteiger charge is 2.31. The van der Waals surface area contributed by atoms with Crippen molar-refractivity contribution in [2.24, 2.45) is 0 Å². The van der Waals surface area contributed by atoms with Gasteiger partial charge in [0.15, 0.2) is 5.69 Å². The number of rotatable bonds is 2. The molecule has 2 aliphatic rings. The lowest BCUT2D eigenvalue weighted by Crippen LogP contribution is -2.30. The molecule has 0 aliphatic carbocycles. The van der Waals surface area contributed by atoms with E-state index >= 15 is 0 Å². The first-order chi connectivity index (χ1) is 12.0. The minimum Gasteiger partial charge on any atom is -0.335 e. The fourth-order valence-corrected chi connectivity index (χ4v) is 4.03. The van der Waals surface area contributed by atoms with Gasteiger partial charge in [-0.25, -0.2) is 0 Å². The average molecular weight is 342 g/mol. The normalized spacial score (nSPS) is 21.4. The van der Waals surface area contributed by atoms with Gasteiger partial charge in [-0.2, -0.15) is 10.2 Å². The molecule has 25 heavy (non-hydrogen) atoms. The summed E-state index contributed by atoms with van der Waals surface area (Å²) in [4.78, 5) is 17.1. The number of aromatic nitrogens is 4. The number of aryl methyl sites for hydroxylation is 3. The molecule has 4 heterocycles. The van der Waals surface area contributed by atoms with Gasteiger partial charge < -0.3 is 9.80 Å². The number of hydrogen-bond acceptors (Lipinski definition) is 4. The van der Waals surface area contributed by atoms with E-state index < -0.39 is 0 Å². The highest BCUT2D eigenvalue weighted by atomic mass is 16.2. The lowest BCUT2D eigenvalue weighted by molar-refractivity contribution is 0.0780. The summed E-state index contributed by atoms with van der Waals surface area (Å²) in [7, 11) is 2.11. The highest BCUT2D eigenvalue weighted by Crippen LogP contribution is 2.24. The van der Waals surface area contributed by atoms with E-state index in [0.717, 1.165) is 56.1 Å². The molecule has 7 heteroatoms. The molecule has 4 rings (SSSR count). The summed E-state index contributed by atoms with van der Waals surface area (Å²) in [6.45, 7) is 8.38. The van der Waals surface area contributed by atoms with Crippen LogP contribution in [-0.4, -0.2) is 61.9 Å². The lowest BCUT2D eigenvalue weighted by atomic mass is 10.2. The van der Waals surface area contributed by atoms with E-state index in [2.05, 4.69) is 39.8 Å². The number of fused-ring (bicyclic) bond motifs is 1. The van der Waals surface area contributed by atoms with E-state index in [1.807, 2.05) is 22.6 Å². The Kier molecular flexibility index (Phi) is 4.11. The highest BCUT2D eigenvalue weighted by molar-refractivity contribution is 5.92. The predicted molar refractivity (Wildman–Crippen MR) is 94.4 cm³/mol. The van der Waals surface area contributed by atoms with Crippen LogP contribution in [0.3, 0.4) is 0 Å². The Balaban J connectivity index is 1.49. The number of hydrogen-bond donors (Lipinski definition) is 0. The van der Waals surface area contributed by atoms with Crippen LogP contribution in [-0.2, 0) is 13.1 Å². The fourth-order valence-electron chi connectivity index (χ4n) is 4.03. The van der Waals surface area contributed by atoms with Gasteiger partial charge in [-0.3, -0.25) is 14.2 Å². The van der Waals surface area contributed by atoms with Gasteiger partial charge in [0.2, 0.25) is 0 Å². The quantitative estimate of drug-likeness (QED) is 0.832. The maximum atomic E-state index is 12.9. The van der Waals surface area contributed by atoms with Crippen LogP contribution in [0.2, 0.25) is 0 Å². The molecule has 2 aliphatic heterocycles. The van der Waals surface area contributed by atoms with Crippen LogP contribution in [0, 0.1) is 13.8 Å². The number of amides is 1. The number of likely N-dealkylation sites (tertiary alicyclic amines) is 1. The number of carbonyl (C=O) groups excluding carboxylic acids is 1. The molecule has 2 aromatic rings. The Labute approximate surface area is 148 Å². The second-order valence-electron chi connectivity index (χ2n) is 7.40. The van der Waals surface area contributed by atoms with Gasteiger partial charge in [-0.05, 0) is 45.9 Å². The van der Waals surface area contributed by atoms with E-state index in [1.54, 1.807) is 0 Å². The van der Waals surface area contributed by atoms with Crippen LogP contribution in [0.1, 0.15) is 46.5 Å². The summed E-state index contributed by atoms with van der Waals surface area (Å²) in [5, 5.41) is 9.17. The van der Waals surface area contributed by atoms with Crippen molar-refractivity contribution in [3.63, 3.8) is 0 Å². The Morgan fingerprint density at radius 2 is 2.00 bits per heavy atom. The summed E-state index contributed by atoms with van der Waals surface area (Å²) in [6.07, 6.45) is 2.02. The predicted octanol–water partition coefficient (Wildman–Crippen LogP) is 1.62. The molecule has 0 bridgehead atoms. The van der Waals surface area contributed by atoms with Gasteiger partial charge in [0, 0.05) is 38.4 Å². The summed E-state index contributed by atoms with van der Waals surface area (Å²) in [6, 6.07) is 4.33. The van der Waals surface area contributed by atoms with E-state index in [-0.39, 0.29) is 11.9 Å². The van der Waals surface area contributed by atoms with E-state index in [4.69, 9.17) is 0 Å². The second-order valence-corrected chi connectivity index (χ2v) is 7.40. The van der Waals surface area contributed by atoms with Crippen LogP contribution in [0.5, 0.6) is 0 Å². The molecule has 0 N–H and O–H groups in total. The topological polar surface area (TPSA) is 59.2 Å². The first kappa shape index (κ1) is 16.3. The molecular formula is C18H26N6O. The van der Waals surface area contributed by atoms with Gasteiger partial charge in [0.25, 0.3) is 5.91 Å². The van der Waals surface area contributed by atoms with Crippen molar-refractivity contribution >= 4 is 5.91 Å². The van der Waals surface area contributed by atoms with Crippen molar-refractivity contribution in [3.05, 3.63) is 34.9 Å². The summed E-state index contributed by atoms with van der Waals surface area (Å²) >= 11 is 0. The third-order valence-corrected chi connectivity index (χ3v) is 5.27. The summed E-state index contributed by atoms with van der Waals surface area (Å²) in [5.41, 5.74) is 3.91. The third kappa shape index (κ3) is 3.08. The van der Waals surface area contributed by atoms with Crippen LogP contribution < -0.4 is 0 Å². The number of nitrogens with zero attached hydrogens (tertiary/aromatic N) is 6. The van der Waals surface area contributed by atoms with Crippen LogP contribution in [0.4, 0.5) is 0 Å². The molecule has 0 aromatic carbocycles. The zero-order chi connectivity index (χ0) is 17.6. The van der Waals surface area contributed by atoms with Crippen molar-refractivity contribution in [2.45, 2.75) is 45.8 Å². The van der Waals surface area contributed by atoms with Crippen LogP contribution >= 0.6 is 0 Å². The van der Waals surface area contributed by atoms with E-state index in [1.165, 1.54) is 0 Å². The van der Waals surface area contributed by atoms with Gasteiger partial charge in [-0.1, -0.05) is 0 Å².